The molecule has 0 atom stereocenters. The van der Waals surface area contributed by atoms with Gasteiger partial charge in [0, 0.05) is 5.56 Å². The van der Waals surface area contributed by atoms with Gasteiger partial charge in [-0.1, -0.05) is 29.8 Å². The van der Waals surface area contributed by atoms with Crippen LogP contribution in [-0.2, 0) is 0 Å². The Labute approximate surface area is 117 Å². The van der Waals surface area contributed by atoms with Gasteiger partial charge in [-0.25, -0.2) is 5.43 Å². The quantitative estimate of drug-likeness (QED) is 0.683. The molecule has 0 spiro atoms. The van der Waals surface area contributed by atoms with Crippen molar-refractivity contribution in [2.24, 2.45) is 5.10 Å². The van der Waals surface area contributed by atoms with E-state index in [1.165, 1.54) is 5.56 Å². The molecule has 1 amide bonds. The lowest BCUT2D eigenvalue weighted by Crippen LogP contribution is -2.17. The molecule has 0 saturated carbocycles. The third-order valence-electron chi connectivity index (χ3n) is 2.73. The fourth-order valence-electron chi connectivity index (χ4n) is 1.58. The van der Waals surface area contributed by atoms with Gasteiger partial charge >= 0.3 is 0 Å². The number of aryl methyl sites for hydroxylation is 1. The molecule has 0 heterocycles. The first kappa shape index (κ1) is 13.5. The van der Waals surface area contributed by atoms with Gasteiger partial charge in [-0.05, 0) is 36.8 Å². The lowest BCUT2D eigenvalue weighted by atomic mass is 10.1. The summed E-state index contributed by atoms with van der Waals surface area (Å²) in [4.78, 5) is 11.8. The Balaban J connectivity index is 1.97. The number of hydrogen-bond donors (Lipinski definition) is 1. The predicted molar refractivity (Wildman–Crippen MR) is 77.4 cm³/mol. The van der Waals surface area contributed by atoms with E-state index in [2.05, 4.69) is 10.5 Å². The van der Waals surface area contributed by atoms with E-state index in [0.717, 1.165) is 5.56 Å². The number of nitrogens with one attached hydrogen (secondary N) is 1. The molecule has 2 aromatic carbocycles. The Morgan fingerprint density at radius 1 is 1.15 bits per heavy atom. The van der Waals surface area contributed by atoms with Crippen LogP contribution in [0.4, 0.5) is 0 Å². The summed E-state index contributed by atoms with van der Waals surface area (Å²) in [6.07, 6.45) is 1.58. The highest BCUT2D eigenvalue weighted by Crippen LogP contribution is 2.03. The van der Waals surface area contributed by atoms with E-state index in [4.69, 9.17) is 5.26 Å². The van der Waals surface area contributed by atoms with Crippen molar-refractivity contribution in [2.45, 2.75) is 6.92 Å². The molecule has 20 heavy (non-hydrogen) atoms. The number of carbonyl (C=O) groups excluding carboxylic acids is 1. The predicted octanol–water partition coefficient (Wildman–Crippen LogP) is 2.63. The van der Waals surface area contributed by atoms with Gasteiger partial charge in [-0.15, -0.1) is 0 Å². The number of nitriles is 1. The van der Waals surface area contributed by atoms with Crippen LogP contribution >= 0.6 is 0 Å². The lowest BCUT2D eigenvalue weighted by molar-refractivity contribution is 0.0955. The van der Waals surface area contributed by atoms with Gasteiger partial charge in [0.25, 0.3) is 5.91 Å². The van der Waals surface area contributed by atoms with Crippen LogP contribution in [0.1, 0.15) is 27.0 Å². The van der Waals surface area contributed by atoms with Gasteiger partial charge in [0.1, 0.15) is 0 Å². The molecule has 0 saturated heterocycles. The van der Waals surface area contributed by atoms with Crippen molar-refractivity contribution in [3.8, 4) is 6.07 Å². The van der Waals surface area contributed by atoms with Crippen LogP contribution in [0.5, 0.6) is 0 Å². The number of hydrogen-bond acceptors (Lipinski definition) is 3. The van der Waals surface area contributed by atoms with Gasteiger partial charge < -0.3 is 0 Å². The minimum absolute atomic E-state index is 0.308. The molecule has 0 fully saturated rings. The summed E-state index contributed by atoms with van der Waals surface area (Å²) in [5, 5.41) is 12.6. The summed E-state index contributed by atoms with van der Waals surface area (Å²) >= 11 is 0. The zero-order valence-corrected chi connectivity index (χ0v) is 11.0. The summed E-state index contributed by atoms with van der Waals surface area (Å²) in [6.45, 7) is 2.01. The first-order chi connectivity index (χ1) is 9.69. The first-order valence-electron chi connectivity index (χ1n) is 6.09. The Hall–Kier alpha value is -2.93. The fourth-order valence-corrected chi connectivity index (χ4v) is 1.58. The van der Waals surface area contributed by atoms with E-state index in [1.54, 1.807) is 30.5 Å². The molecule has 0 bridgehead atoms. The van der Waals surface area contributed by atoms with Gasteiger partial charge in [-0.3, -0.25) is 4.79 Å². The average molecular weight is 263 g/mol. The van der Waals surface area contributed by atoms with E-state index in [9.17, 15) is 4.79 Å². The summed E-state index contributed by atoms with van der Waals surface area (Å²) in [5.41, 5.74) is 5.51. The smallest absolute Gasteiger partial charge is 0.267 e. The number of hydrazone groups is 1. The fraction of sp³-hybridized carbons (Fsp3) is 0.0625. The van der Waals surface area contributed by atoms with E-state index < -0.39 is 0 Å². The molecular weight excluding hydrogens is 250 g/mol. The molecule has 4 heteroatoms. The SMILES string of the molecule is Cc1ccc(/C=N\NC(=O)c2ccc(C#N)cc2)cc1. The van der Waals surface area contributed by atoms with Crippen LogP contribution in [0.3, 0.4) is 0 Å². The molecule has 1 N–H and O–H groups in total. The second-order valence-corrected chi connectivity index (χ2v) is 4.30. The molecule has 0 aromatic heterocycles. The molecule has 4 nitrogen and oxygen atoms in total. The van der Waals surface area contributed by atoms with Crippen molar-refractivity contribution in [3.05, 3.63) is 70.8 Å². The van der Waals surface area contributed by atoms with Crippen molar-refractivity contribution < 1.29 is 4.79 Å². The molecule has 0 radical (unpaired) electrons. The molecule has 0 aliphatic carbocycles. The maximum atomic E-state index is 11.8. The zero-order valence-electron chi connectivity index (χ0n) is 11.0. The minimum atomic E-state index is -0.308. The molecule has 0 unspecified atom stereocenters. The van der Waals surface area contributed by atoms with Crippen molar-refractivity contribution in [1.29, 1.82) is 5.26 Å². The van der Waals surface area contributed by atoms with Gasteiger partial charge in [0.15, 0.2) is 0 Å². The topological polar surface area (TPSA) is 65.2 Å². The number of rotatable bonds is 3. The van der Waals surface area contributed by atoms with E-state index in [1.807, 2.05) is 37.3 Å². The van der Waals surface area contributed by atoms with Crippen LogP contribution < -0.4 is 5.43 Å². The van der Waals surface area contributed by atoms with Crippen LogP contribution in [0, 0.1) is 18.3 Å². The third-order valence-corrected chi connectivity index (χ3v) is 2.73. The number of amides is 1. The third kappa shape index (κ3) is 3.53. The summed E-state index contributed by atoms with van der Waals surface area (Å²) < 4.78 is 0. The maximum absolute atomic E-state index is 11.8. The Kier molecular flexibility index (Phi) is 4.25. The normalized spacial score (nSPS) is 10.2. The van der Waals surface area contributed by atoms with Crippen molar-refractivity contribution in [2.75, 3.05) is 0 Å². The maximum Gasteiger partial charge on any atom is 0.271 e. The van der Waals surface area contributed by atoms with Crippen molar-refractivity contribution in [3.63, 3.8) is 0 Å². The van der Waals surface area contributed by atoms with Crippen LogP contribution in [0.15, 0.2) is 53.6 Å². The highest BCUT2D eigenvalue weighted by molar-refractivity contribution is 5.94. The van der Waals surface area contributed by atoms with Crippen LogP contribution in [-0.4, -0.2) is 12.1 Å². The highest BCUT2D eigenvalue weighted by Gasteiger charge is 2.03. The number of nitrogens with zero attached hydrogens (tertiary/aromatic N) is 2. The van der Waals surface area contributed by atoms with E-state index in [-0.39, 0.29) is 5.91 Å². The monoisotopic (exact) mass is 263 g/mol. The minimum Gasteiger partial charge on any atom is -0.267 e. The van der Waals surface area contributed by atoms with Crippen LogP contribution in [0.25, 0.3) is 0 Å². The van der Waals surface area contributed by atoms with Crippen LogP contribution in [0.2, 0.25) is 0 Å². The van der Waals surface area contributed by atoms with Crippen molar-refractivity contribution >= 4 is 12.1 Å². The van der Waals surface area contributed by atoms with Crippen molar-refractivity contribution in [1.82, 2.24) is 5.43 Å². The molecule has 2 aromatic rings. The van der Waals surface area contributed by atoms with Gasteiger partial charge in [-0.2, -0.15) is 10.4 Å². The highest BCUT2D eigenvalue weighted by atomic mass is 16.2. The number of benzene rings is 2. The van der Waals surface area contributed by atoms with E-state index >= 15 is 0 Å². The molecule has 98 valence electrons. The zero-order chi connectivity index (χ0) is 14.4. The standard InChI is InChI=1S/C16H13N3O/c1-12-2-4-14(5-3-12)11-18-19-16(20)15-8-6-13(10-17)7-9-15/h2-9,11H,1H3,(H,19,20)/b18-11-. The Morgan fingerprint density at radius 2 is 1.80 bits per heavy atom. The molecule has 2 rings (SSSR count). The first-order valence-corrected chi connectivity index (χ1v) is 6.09. The summed E-state index contributed by atoms with van der Waals surface area (Å²) in [7, 11) is 0. The molecule has 0 aliphatic rings. The average Bonchev–Trinajstić information content (AvgIpc) is 2.49. The summed E-state index contributed by atoms with van der Waals surface area (Å²) in [6, 6.07) is 16.2. The lowest BCUT2D eigenvalue weighted by Gasteiger charge is -1.99. The molecular formula is C16H13N3O. The summed E-state index contributed by atoms with van der Waals surface area (Å²) in [5.74, 6) is -0.308. The van der Waals surface area contributed by atoms with Gasteiger partial charge in [0.05, 0.1) is 17.8 Å². The molecule has 0 aliphatic heterocycles. The second-order valence-electron chi connectivity index (χ2n) is 4.30. The second kappa shape index (κ2) is 6.30. The van der Waals surface area contributed by atoms with Gasteiger partial charge in [0.2, 0.25) is 0 Å². The van der Waals surface area contributed by atoms with E-state index in [0.29, 0.717) is 11.1 Å². The Morgan fingerprint density at radius 3 is 2.40 bits per heavy atom. The number of carbonyl (C=O) groups is 1. The largest absolute Gasteiger partial charge is 0.271 e. The Bertz CT molecular complexity index is 664.